The summed E-state index contributed by atoms with van der Waals surface area (Å²) >= 11 is 0. The standard InChI is InChI=1S/C23H34N2O6S/c1-18-10-11-20(16-21(18)32(28,29)25-12-14-30-15-13-25)24-22(26)17-31-23(27)9-5-8-19-6-3-2-4-7-19/h10-11,16,19H,2-9,12-15,17H2,1H3,(H,24,26). The number of nitrogens with one attached hydrogen (secondary N) is 1. The van der Waals surface area contributed by atoms with Gasteiger partial charge >= 0.3 is 5.97 Å². The number of ether oxygens (including phenoxy) is 2. The van der Waals surface area contributed by atoms with E-state index in [1.807, 2.05) is 0 Å². The van der Waals surface area contributed by atoms with E-state index in [2.05, 4.69) is 5.32 Å². The molecule has 1 saturated heterocycles. The van der Waals surface area contributed by atoms with Crippen LogP contribution in [-0.4, -0.2) is 57.5 Å². The van der Waals surface area contributed by atoms with Crippen molar-refractivity contribution in [3.05, 3.63) is 23.8 Å². The highest BCUT2D eigenvalue weighted by molar-refractivity contribution is 7.89. The smallest absolute Gasteiger partial charge is 0.306 e. The van der Waals surface area contributed by atoms with Crippen LogP contribution in [0.25, 0.3) is 0 Å². The van der Waals surface area contributed by atoms with Crippen LogP contribution in [0.5, 0.6) is 0 Å². The molecule has 0 radical (unpaired) electrons. The maximum Gasteiger partial charge on any atom is 0.306 e. The summed E-state index contributed by atoms with van der Waals surface area (Å²) < 4.78 is 37.6. The second-order valence-electron chi connectivity index (χ2n) is 8.60. The zero-order valence-corrected chi connectivity index (χ0v) is 19.6. The predicted molar refractivity (Wildman–Crippen MR) is 121 cm³/mol. The Labute approximate surface area is 190 Å². The molecule has 0 bridgehead atoms. The van der Waals surface area contributed by atoms with Crippen LogP contribution < -0.4 is 5.32 Å². The Hall–Kier alpha value is -1.97. The molecular weight excluding hydrogens is 432 g/mol. The monoisotopic (exact) mass is 466 g/mol. The molecule has 0 unspecified atom stereocenters. The fraction of sp³-hybridized carbons (Fsp3) is 0.652. The SMILES string of the molecule is Cc1ccc(NC(=O)COC(=O)CCCC2CCCCC2)cc1S(=O)(=O)N1CCOCC1. The molecule has 1 aromatic carbocycles. The van der Waals surface area contributed by atoms with Gasteiger partial charge < -0.3 is 14.8 Å². The predicted octanol–water partition coefficient (Wildman–Crippen LogP) is 3.25. The van der Waals surface area contributed by atoms with Gasteiger partial charge in [-0.1, -0.05) is 38.2 Å². The molecule has 1 saturated carbocycles. The fourth-order valence-electron chi connectivity index (χ4n) is 4.31. The quantitative estimate of drug-likeness (QED) is 0.561. The summed E-state index contributed by atoms with van der Waals surface area (Å²) in [6, 6.07) is 4.74. The molecule has 3 rings (SSSR count). The molecule has 178 valence electrons. The van der Waals surface area contributed by atoms with Crippen molar-refractivity contribution in [3.63, 3.8) is 0 Å². The lowest BCUT2D eigenvalue weighted by molar-refractivity contribution is -0.147. The first kappa shape index (κ1) is 24.7. The summed E-state index contributed by atoms with van der Waals surface area (Å²) in [5.41, 5.74) is 0.944. The van der Waals surface area contributed by atoms with Crippen LogP contribution in [0.2, 0.25) is 0 Å². The molecule has 2 fully saturated rings. The number of aryl methyl sites for hydroxylation is 1. The fourth-order valence-corrected chi connectivity index (χ4v) is 5.97. The lowest BCUT2D eigenvalue weighted by atomic mass is 9.86. The second-order valence-corrected chi connectivity index (χ2v) is 10.5. The summed E-state index contributed by atoms with van der Waals surface area (Å²) in [6.07, 6.45) is 8.50. The van der Waals surface area contributed by atoms with E-state index in [1.54, 1.807) is 19.1 Å². The first-order chi connectivity index (χ1) is 15.4. The molecule has 0 atom stereocenters. The van der Waals surface area contributed by atoms with Crippen molar-refractivity contribution in [1.82, 2.24) is 4.31 Å². The number of nitrogens with zero attached hydrogens (tertiary/aromatic N) is 1. The van der Waals surface area contributed by atoms with Gasteiger partial charge in [0.05, 0.1) is 18.1 Å². The maximum absolute atomic E-state index is 13.0. The van der Waals surface area contributed by atoms with Gasteiger partial charge in [0, 0.05) is 25.2 Å². The van der Waals surface area contributed by atoms with Crippen LogP contribution in [0.15, 0.2) is 23.1 Å². The van der Waals surface area contributed by atoms with Gasteiger partial charge in [0.25, 0.3) is 5.91 Å². The number of sulfonamides is 1. The lowest BCUT2D eigenvalue weighted by Crippen LogP contribution is -2.40. The number of carbonyl (C=O) groups excluding carboxylic acids is 2. The molecule has 1 aromatic rings. The van der Waals surface area contributed by atoms with Gasteiger partial charge in [-0.15, -0.1) is 0 Å². The molecule has 8 nitrogen and oxygen atoms in total. The van der Waals surface area contributed by atoms with Crippen LogP contribution >= 0.6 is 0 Å². The van der Waals surface area contributed by atoms with E-state index in [0.29, 0.717) is 49.9 Å². The van der Waals surface area contributed by atoms with Crippen molar-refractivity contribution in [2.75, 3.05) is 38.2 Å². The molecule has 2 aliphatic rings. The van der Waals surface area contributed by atoms with E-state index in [0.717, 1.165) is 12.8 Å². The normalized spacial score (nSPS) is 18.3. The first-order valence-electron chi connectivity index (χ1n) is 11.5. The van der Waals surface area contributed by atoms with Crippen molar-refractivity contribution < 1.29 is 27.5 Å². The molecule has 0 spiro atoms. The zero-order chi connectivity index (χ0) is 23.0. The van der Waals surface area contributed by atoms with Crippen LogP contribution in [0, 0.1) is 12.8 Å². The third-order valence-corrected chi connectivity index (χ3v) is 8.18. The zero-order valence-electron chi connectivity index (χ0n) is 18.8. The lowest BCUT2D eigenvalue weighted by Gasteiger charge is -2.26. The Morgan fingerprint density at radius 1 is 1.16 bits per heavy atom. The number of rotatable bonds is 9. The Morgan fingerprint density at radius 2 is 1.88 bits per heavy atom. The summed E-state index contributed by atoms with van der Waals surface area (Å²) in [4.78, 5) is 24.3. The maximum atomic E-state index is 13.0. The number of carbonyl (C=O) groups is 2. The van der Waals surface area contributed by atoms with Gasteiger partial charge in [0.15, 0.2) is 6.61 Å². The van der Waals surface area contributed by atoms with Crippen LogP contribution in [0.3, 0.4) is 0 Å². The number of esters is 1. The number of hydrogen-bond donors (Lipinski definition) is 1. The molecule has 1 aliphatic heterocycles. The van der Waals surface area contributed by atoms with Crippen LogP contribution in [0.1, 0.15) is 56.9 Å². The number of morpholine rings is 1. The van der Waals surface area contributed by atoms with E-state index in [4.69, 9.17) is 9.47 Å². The van der Waals surface area contributed by atoms with Gasteiger partial charge in [-0.2, -0.15) is 4.31 Å². The Balaban J connectivity index is 1.47. The highest BCUT2D eigenvalue weighted by Crippen LogP contribution is 2.28. The van der Waals surface area contributed by atoms with E-state index in [-0.39, 0.29) is 17.5 Å². The van der Waals surface area contributed by atoms with E-state index >= 15 is 0 Å². The average Bonchev–Trinajstić information content (AvgIpc) is 2.80. The Kier molecular flexibility index (Phi) is 9.07. The summed E-state index contributed by atoms with van der Waals surface area (Å²) in [7, 11) is -3.68. The van der Waals surface area contributed by atoms with Crippen LogP contribution in [-0.2, 0) is 29.1 Å². The van der Waals surface area contributed by atoms with Gasteiger partial charge in [-0.05, 0) is 43.4 Å². The first-order valence-corrected chi connectivity index (χ1v) is 12.9. The third kappa shape index (κ3) is 7.02. The van der Waals surface area contributed by atoms with Crippen molar-refractivity contribution in [1.29, 1.82) is 0 Å². The van der Waals surface area contributed by atoms with Gasteiger partial charge in [-0.25, -0.2) is 8.42 Å². The van der Waals surface area contributed by atoms with Crippen LogP contribution in [0.4, 0.5) is 5.69 Å². The molecule has 1 amide bonds. The van der Waals surface area contributed by atoms with E-state index in [9.17, 15) is 18.0 Å². The number of amides is 1. The summed E-state index contributed by atoms with van der Waals surface area (Å²) in [6.45, 7) is 2.65. The van der Waals surface area contributed by atoms with Crippen molar-refractivity contribution >= 4 is 27.6 Å². The molecule has 0 aromatic heterocycles. The van der Waals surface area contributed by atoms with Crippen molar-refractivity contribution in [2.24, 2.45) is 5.92 Å². The van der Waals surface area contributed by atoms with Gasteiger partial charge in [0.1, 0.15) is 0 Å². The molecular formula is C23H34N2O6S. The minimum absolute atomic E-state index is 0.150. The molecule has 32 heavy (non-hydrogen) atoms. The topological polar surface area (TPSA) is 102 Å². The number of anilines is 1. The highest BCUT2D eigenvalue weighted by Gasteiger charge is 2.28. The molecule has 1 aliphatic carbocycles. The van der Waals surface area contributed by atoms with Crippen molar-refractivity contribution in [3.8, 4) is 0 Å². The number of hydrogen-bond acceptors (Lipinski definition) is 6. The minimum Gasteiger partial charge on any atom is -0.456 e. The third-order valence-electron chi connectivity index (χ3n) is 6.14. The molecule has 9 heteroatoms. The molecule has 1 N–H and O–H groups in total. The van der Waals surface area contributed by atoms with Gasteiger partial charge in [-0.3, -0.25) is 9.59 Å². The van der Waals surface area contributed by atoms with E-state index < -0.39 is 15.9 Å². The second kappa shape index (κ2) is 11.8. The largest absolute Gasteiger partial charge is 0.456 e. The Bertz CT molecular complexity index is 890. The highest BCUT2D eigenvalue weighted by atomic mass is 32.2. The summed E-state index contributed by atoms with van der Waals surface area (Å²) in [5, 5.41) is 2.62. The van der Waals surface area contributed by atoms with Gasteiger partial charge in [0.2, 0.25) is 10.0 Å². The molecule has 1 heterocycles. The van der Waals surface area contributed by atoms with Crippen molar-refractivity contribution in [2.45, 2.75) is 63.2 Å². The van der Waals surface area contributed by atoms with E-state index in [1.165, 1.54) is 42.5 Å². The minimum atomic E-state index is -3.68. The number of benzene rings is 1. The average molecular weight is 467 g/mol. The Morgan fingerprint density at radius 3 is 2.59 bits per heavy atom. The summed E-state index contributed by atoms with van der Waals surface area (Å²) in [5.74, 6) is -0.163.